The lowest BCUT2D eigenvalue weighted by molar-refractivity contribution is 0.614. The third-order valence-electron chi connectivity index (χ3n) is 1.54. The molecule has 0 aliphatic carbocycles. The first-order valence-electron chi connectivity index (χ1n) is 3.82. The van der Waals surface area contributed by atoms with Crippen LogP contribution in [0.4, 0.5) is 4.39 Å². The van der Waals surface area contributed by atoms with E-state index in [1.54, 1.807) is 6.07 Å². The number of aryl methyl sites for hydroxylation is 1. The van der Waals surface area contributed by atoms with Gasteiger partial charge in [0, 0.05) is 5.69 Å². The molecule has 0 N–H and O–H groups in total. The van der Waals surface area contributed by atoms with E-state index in [1.165, 1.54) is 6.07 Å². The number of rotatable bonds is 2. The molecule has 0 amide bonds. The zero-order valence-corrected chi connectivity index (χ0v) is 6.84. The van der Waals surface area contributed by atoms with Crippen LogP contribution in [0.2, 0.25) is 0 Å². The molecule has 1 aromatic heterocycles. The molecule has 1 heterocycles. The van der Waals surface area contributed by atoms with Crippen LogP contribution in [0.3, 0.4) is 0 Å². The Labute approximate surface area is 70.7 Å². The number of aromatic nitrogens is 1. The van der Waals surface area contributed by atoms with Crippen LogP contribution in [0.25, 0.3) is 0 Å². The lowest BCUT2D eigenvalue weighted by Gasteiger charge is -1.97. The quantitative estimate of drug-likeness (QED) is 0.670. The van der Waals surface area contributed by atoms with Crippen LogP contribution in [0.5, 0.6) is 0 Å². The van der Waals surface area contributed by atoms with Gasteiger partial charge in [-0.3, -0.25) is 4.98 Å². The van der Waals surface area contributed by atoms with Crippen molar-refractivity contribution in [1.82, 2.24) is 4.98 Å². The van der Waals surface area contributed by atoms with Gasteiger partial charge in [-0.2, -0.15) is 5.26 Å². The summed E-state index contributed by atoms with van der Waals surface area (Å²) < 4.78 is 12.7. The second kappa shape index (κ2) is 3.82. The molecular weight excluding hydrogens is 155 g/mol. The fraction of sp³-hybridized carbons (Fsp3) is 0.333. The monoisotopic (exact) mass is 164 g/mol. The van der Waals surface area contributed by atoms with E-state index in [2.05, 4.69) is 4.98 Å². The van der Waals surface area contributed by atoms with Crippen LogP contribution >= 0.6 is 0 Å². The second-order valence-electron chi connectivity index (χ2n) is 2.52. The zero-order valence-electron chi connectivity index (χ0n) is 6.84. The first kappa shape index (κ1) is 8.66. The number of nitriles is 1. The Morgan fingerprint density at radius 1 is 1.67 bits per heavy atom. The van der Waals surface area contributed by atoms with E-state index < -0.39 is 5.82 Å². The van der Waals surface area contributed by atoms with Crippen LogP contribution in [0, 0.1) is 17.1 Å². The summed E-state index contributed by atoms with van der Waals surface area (Å²) in [4.78, 5) is 3.85. The van der Waals surface area contributed by atoms with Gasteiger partial charge in [0.15, 0.2) is 5.82 Å². The molecule has 0 fully saturated rings. The van der Waals surface area contributed by atoms with Crippen molar-refractivity contribution < 1.29 is 4.39 Å². The van der Waals surface area contributed by atoms with Crippen LogP contribution in [0.1, 0.15) is 24.6 Å². The SMILES string of the molecule is CCCc1cc(C#N)c(F)cn1. The number of hydrogen-bond donors (Lipinski definition) is 0. The molecule has 0 radical (unpaired) electrons. The summed E-state index contributed by atoms with van der Waals surface area (Å²) in [5, 5.41) is 8.49. The molecule has 0 spiro atoms. The maximum Gasteiger partial charge on any atom is 0.159 e. The van der Waals surface area contributed by atoms with Crippen molar-refractivity contribution in [1.29, 1.82) is 5.26 Å². The molecule has 0 unspecified atom stereocenters. The highest BCUT2D eigenvalue weighted by Crippen LogP contribution is 2.07. The van der Waals surface area contributed by atoms with E-state index in [4.69, 9.17) is 5.26 Å². The lowest BCUT2D eigenvalue weighted by atomic mass is 10.2. The van der Waals surface area contributed by atoms with Gasteiger partial charge in [-0.05, 0) is 12.5 Å². The molecule has 12 heavy (non-hydrogen) atoms. The molecular formula is C9H9FN2. The predicted molar refractivity (Wildman–Crippen MR) is 42.9 cm³/mol. The molecule has 1 rings (SSSR count). The molecule has 0 aromatic carbocycles. The third-order valence-corrected chi connectivity index (χ3v) is 1.54. The summed E-state index contributed by atoms with van der Waals surface area (Å²) >= 11 is 0. The van der Waals surface area contributed by atoms with E-state index in [1.807, 2.05) is 6.92 Å². The van der Waals surface area contributed by atoms with Gasteiger partial charge in [-0.25, -0.2) is 4.39 Å². The Kier molecular flexibility index (Phi) is 2.76. The van der Waals surface area contributed by atoms with E-state index in [0.29, 0.717) is 0 Å². The number of nitrogens with zero attached hydrogens (tertiary/aromatic N) is 2. The third kappa shape index (κ3) is 1.79. The standard InChI is InChI=1S/C9H9FN2/c1-2-3-8-4-7(5-11)9(10)6-12-8/h4,6H,2-3H2,1H3. The highest BCUT2D eigenvalue weighted by atomic mass is 19.1. The van der Waals surface area contributed by atoms with Crippen LogP contribution in [0.15, 0.2) is 12.3 Å². The molecule has 0 aliphatic rings. The van der Waals surface area contributed by atoms with Crippen molar-refractivity contribution in [2.24, 2.45) is 0 Å². The van der Waals surface area contributed by atoms with Crippen LogP contribution < -0.4 is 0 Å². The highest BCUT2D eigenvalue weighted by Gasteiger charge is 2.02. The Morgan fingerprint density at radius 3 is 3.00 bits per heavy atom. The predicted octanol–water partition coefficient (Wildman–Crippen LogP) is 2.04. The van der Waals surface area contributed by atoms with Crippen LogP contribution in [-0.4, -0.2) is 4.98 Å². The zero-order chi connectivity index (χ0) is 8.97. The summed E-state index contributed by atoms with van der Waals surface area (Å²) in [7, 11) is 0. The van der Waals surface area contributed by atoms with Gasteiger partial charge < -0.3 is 0 Å². The van der Waals surface area contributed by atoms with Gasteiger partial charge in [0.1, 0.15) is 6.07 Å². The van der Waals surface area contributed by atoms with Gasteiger partial charge in [0.2, 0.25) is 0 Å². The number of pyridine rings is 1. The first-order chi connectivity index (χ1) is 5.77. The van der Waals surface area contributed by atoms with Gasteiger partial charge in [-0.1, -0.05) is 13.3 Å². The Morgan fingerprint density at radius 2 is 2.42 bits per heavy atom. The van der Waals surface area contributed by atoms with Gasteiger partial charge in [-0.15, -0.1) is 0 Å². The van der Waals surface area contributed by atoms with Crippen molar-refractivity contribution >= 4 is 0 Å². The maximum atomic E-state index is 12.7. The molecule has 62 valence electrons. The maximum absolute atomic E-state index is 12.7. The van der Waals surface area contributed by atoms with Crippen molar-refractivity contribution in [3.05, 3.63) is 29.3 Å². The molecule has 0 aliphatic heterocycles. The van der Waals surface area contributed by atoms with Crippen molar-refractivity contribution in [2.75, 3.05) is 0 Å². The minimum Gasteiger partial charge on any atom is -0.258 e. The average Bonchev–Trinajstić information content (AvgIpc) is 2.09. The molecule has 1 aromatic rings. The van der Waals surface area contributed by atoms with Gasteiger partial charge >= 0.3 is 0 Å². The number of hydrogen-bond acceptors (Lipinski definition) is 2. The highest BCUT2D eigenvalue weighted by molar-refractivity contribution is 5.30. The summed E-state index contributed by atoms with van der Waals surface area (Å²) in [6, 6.07) is 3.28. The molecule has 3 heteroatoms. The van der Waals surface area contributed by atoms with E-state index in [0.717, 1.165) is 24.7 Å². The second-order valence-corrected chi connectivity index (χ2v) is 2.52. The Balaban J connectivity index is 2.99. The minimum absolute atomic E-state index is 0.0773. The van der Waals surface area contributed by atoms with Crippen LogP contribution in [-0.2, 0) is 6.42 Å². The van der Waals surface area contributed by atoms with E-state index in [-0.39, 0.29) is 5.56 Å². The summed E-state index contributed by atoms with van der Waals surface area (Å²) in [6.45, 7) is 2.01. The first-order valence-corrected chi connectivity index (χ1v) is 3.82. The largest absolute Gasteiger partial charge is 0.258 e. The van der Waals surface area contributed by atoms with Crippen molar-refractivity contribution in [3.63, 3.8) is 0 Å². The van der Waals surface area contributed by atoms with Gasteiger partial charge in [0.25, 0.3) is 0 Å². The molecule has 0 saturated carbocycles. The molecule has 0 atom stereocenters. The molecule has 0 bridgehead atoms. The van der Waals surface area contributed by atoms with Crippen molar-refractivity contribution in [2.45, 2.75) is 19.8 Å². The fourth-order valence-corrected chi connectivity index (χ4v) is 0.960. The lowest BCUT2D eigenvalue weighted by Crippen LogP contribution is -1.93. The number of halogens is 1. The average molecular weight is 164 g/mol. The van der Waals surface area contributed by atoms with E-state index >= 15 is 0 Å². The fourth-order valence-electron chi connectivity index (χ4n) is 0.960. The topological polar surface area (TPSA) is 36.7 Å². The normalized spacial score (nSPS) is 9.42. The van der Waals surface area contributed by atoms with Gasteiger partial charge in [0.05, 0.1) is 11.8 Å². The summed E-state index contributed by atoms with van der Waals surface area (Å²) in [5.74, 6) is -0.544. The summed E-state index contributed by atoms with van der Waals surface area (Å²) in [5.41, 5.74) is 0.851. The minimum atomic E-state index is -0.544. The Hall–Kier alpha value is -1.43. The van der Waals surface area contributed by atoms with E-state index in [9.17, 15) is 4.39 Å². The van der Waals surface area contributed by atoms with Crippen molar-refractivity contribution in [3.8, 4) is 6.07 Å². The summed E-state index contributed by atoms with van der Waals surface area (Å²) in [6.07, 6.45) is 2.84. The molecule has 2 nitrogen and oxygen atoms in total. The Bertz CT molecular complexity index is 315. The smallest absolute Gasteiger partial charge is 0.159 e. The molecule has 0 saturated heterocycles.